The number of hydrogen-bond donors (Lipinski definition) is 2. The minimum Gasteiger partial charge on any atom is -0.481 e. The van der Waals surface area contributed by atoms with Crippen molar-refractivity contribution in [1.82, 2.24) is 0 Å². The lowest BCUT2D eigenvalue weighted by molar-refractivity contribution is -0.143. The van der Waals surface area contributed by atoms with Crippen molar-refractivity contribution in [3.05, 3.63) is 0 Å². The Labute approximate surface area is 112 Å². The van der Waals surface area contributed by atoms with E-state index < -0.39 is 12.1 Å². The Bertz CT molecular complexity index is 344. The zero-order valence-corrected chi connectivity index (χ0v) is 12.5. The van der Waals surface area contributed by atoms with Gasteiger partial charge in [0.05, 0.1) is 16.8 Å². The van der Waals surface area contributed by atoms with Gasteiger partial charge in [-0.2, -0.15) is 0 Å². The van der Waals surface area contributed by atoms with Crippen LogP contribution in [0.5, 0.6) is 0 Å². The summed E-state index contributed by atoms with van der Waals surface area (Å²) < 4.78 is -0.369. The molecule has 0 heterocycles. The van der Waals surface area contributed by atoms with Gasteiger partial charge in [0.2, 0.25) is 0 Å². The first-order valence-electron chi connectivity index (χ1n) is 5.41. The molecule has 4 atom stereocenters. The number of aliphatic carboxylic acids is 1. The van der Waals surface area contributed by atoms with Gasteiger partial charge in [-0.3, -0.25) is 4.79 Å². The Morgan fingerprint density at radius 1 is 1.44 bits per heavy atom. The molecule has 0 aliphatic heterocycles. The van der Waals surface area contributed by atoms with E-state index in [-0.39, 0.29) is 26.4 Å². The second-order valence-corrected chi connectivity index (χ2v) is 8.03. The molecule has 0 unspecified atom stereocenters. The molecule has 2 fully saturated rings. The maximum atomic E-state index is 11.1. The largest absolute Gasteiger partial charge is 0.481 e. The fourth-order valence-electron chi connectivity index (χ4n) is 3.60. The predicted octanol–water partition coefficient (Wildman–Crippen LogP) is 2.54. The van der Waals surface area contributed by atoms with Crippen molar-refractivity contribution < 1.29 is 15.0 Å². The second-order valence-electron chi connectivity index (χ2n) is 5.64. The molecule has 0 aromatic heterocycles. The number of halogens is 2. The molecule has 2 N–H and O–H groups in total. The van der Waals surface area contributed by atoms with E-state index in [2.05, 4.69) is 31.9 Å². The molecule has 2 bridgehead atoms. The van der Waals surface area contributed by atoms with E-state index in [0.717, 1.165) is 12.8 Å². The molecular weight excluding hydrogens is 340 g/mol. The van der Waals surface area contributed by atoms with Gasteiger partial charge in [-0.25, -0.2) is 0 Å². The SMILES string of the molecule is CC1(C)[C@@H](O)[C@@]2(Br)CC[C@@]1(CC(=O)O)[C@@H]2Br. The summed E-state index contributed by atoms with van der Waals surface area (Å²) in [6.07, 6.45) is 1.25. The molecule has 2 rings (SSSR count). The van der Waals surface area contributed by atoms with Crippen LogP contribution in [-0.2, 0) is 4.79 Å². The zero-order valence-electron chi connectivity index (χ0n) is 9.33. The number of carbonyl (C=O) groups is 1. The van der Waals surface area contributed by atoms with Crippen LogP contribution in [-0.4, -0.2) is 31.4 Å². The molecule has 5 heteroatoms. The fraction of sp³-hybridized carbons (Fsp3) is 0.909. The van der Waals surface area contributed by atoms with Gasteiger partial charge in [-0.15, -0.1) is 0 Å². The van der Waals surface area contributed by atoms with Crippen LogP contribution in [0.25, 0.3) is 0 Å². The third-order valence-corrected chi connectivity index (χ3v) is 8.34. The van der Waals surface area contributed by atoms with Crippen LogP contribution in [0.1, 0.15) is 33.1 Å². The molecule has 0 aromatic carbocycles. The van der Waals surface area contributed by atoms with Crippen molar-refractivity contribution >= 4 is 37.8 Å². The van der Waals surface area contributed by atoms with E-state index in [1.165, 1.54) is 0 Å². The number of fused-ring (bicyclic) bond motifs is 2. The van der Waals surface area contributed by atoms with Gasteiger partial charge in [0.25, 0.3) is 0 Å². The summed E-state index contributed by atoms with van der Waals surface area (Å²) in [5, 5.41) is 19.5. The normalized spacial score (nSPS) is 49.6. The van der Waals surface area contributed by atoms with Crippen molar-refractivity contribution in [1.29, 1.82) is 0 Å². The van der Waals surface area contributed by atoms with E-state index >= 15 is 0 Å². The van der Waals surface area contributed by atoms with E-state index in [0.29, 0.717) is 0 Å². The average Bonchev–Trinajstić information content (AvgIpc) is 2.46. The van der Waals surface area contributed by atoms with Crippen LogP contribution < -0.4 is 0 Å². The minimum atomic E-state index is -0.789. The van der Waals surface area contributed by atoms with Gasteiger partial charge in [0.1, 0.15) is 0 Å². The molecular formula is C11H16Br2O3. The Morgan fingerprint density at radius 3 is 2.38 bits per heavy atom. The van der Waals surface area contributed by atoms with Gasteiger partial charge < -0.3 is 10.2 Å². The van der Waals surface area contributed by atoms with Crippen molar-refractivity contribution in [2.45, 2.75) is 48.4 Å². The minimum absolute atomic E-state index is 0.00796. The molecule has 0 radical (unpaired) electrons. The van der Waals surface area contributed by atoms with Gasteiger partial charge in [0, 0.05) is 10.2 Å². The quantitative estimate of drug-likeness (QED) is 0.748. The summed E-state index contributed by atoms with van der Waals surface area (Å²) in [5.74, 6) is -0.789. The van der Waals surface area contributed by atoms with E-state index in [1.807, 2.05) is 13.8 Å². The van der Waals surface area contributed by atoms with E-state index in [9.17, 15) is 9.90 Å². The first kappa shape index (κ1) is 12.8. The third kappa shape index (κ3) is 1.25. The number of alkyl halides is 2. The lowest BCUT2D eigenvalue weighted by atomic mass is 9.62. The highest BCUT2D eigenvalue weighted by Gasteiger charge is 2.74. The lowest BCUT2D eigenvalue weighted by Gasteiger charge is -2.45. The highest BCUT2D eigenvalue weighted by Crippen LogP contribution is 2.72. The molecule has 92 valence electrons. The summed E-state index contributed by atoms with van der Waals surface area (Å²) in [4.78, 5) is 11.1. The third-order valence-electron chi connectivity index (χ3n) is 4.75. The molecule has 2 saturated carbocycles. The van der Waals surface area contributed by atoms with Crippen molar-refractivity contribution in [2.75, 3.05) is 0 Å². The first-order valence-corrected chi connectivity index (χ1v) is 7.12. The average molecular weight is 356 g/mol. The molecule has 3 nitrogen and oxygen atoms in total. The van der Waals surface area contributed by atoms with E-state index in [1.54, 1.807) is 0 Å². The van der Waals surface area contributed by atoms with Gasteiger partial charge in [0.15, 0.2) is 0 Å². The monoisotopic (exact) mass is 354 g/mol. The van der Waals surface area contributed by atoms with Crippen LogP contribution in [0, 0.1) is 10.8 Å². The van der Waals surface area contributed by atoms with Crippen LogP contribution >= 0.6 is 31.9 Å². The lowest BCUT2D eigenvalue weighted by Crippen LogP contribution is -2.47. The maximum Gasteiger partial charge on any atom is 0.303 e. The molecule has 0 amide bonds. The second kappa shape index (κ2) is 3.45. The molecule has 0 aromatic rings. The molecule has 0 saturated heterocycles. The summed E-state index contributed by atoms with van der Waals surface area (Å²) in [6, 6.07) is 0. The van der Waals surface area contributed by atoms with Gasteiger partial charge in [-0.05, 0) is 18.3 Å². The fourth-order valence-corrected chi connectivity index (χ4v) is 6.27. The Hall–Kier alpha value is 0.390. The van der Waals surface area contributed by atoms with Crippen LogP contribution in [0.4, 0.5) is 0 Å². The summed E-state index contributed by atoms with van der Waals surface area (Å²) in [6.45, 7) is 3.94. The number of aliphatic hydroxyl groups is 1. The first-order chi connectivity index (χ1) is 7.18. The van der Waals surface area contributed by atoms with Crippen LogP contribution in [0.15, 0.2) is 0 Å². The molecule has 16 heavy (non-hydrogen) atoms. The Morgan fingerprint density at radius 2 is 2.00 bits per heavy atom. The highest BCUT2D eigenvalue weighted by atomic mass is 79.9. The number of carboxylic acid groups (broad SMARTS) is 1. The number of hydrogen-bond acceptors (Lipinski definition) is 2. The van der Waals surface area contributed by atoms with Crippen molar-refractivity contribution in [3.8, 4) is 0 Å². The number of carboxylic acids is 1. The number of rotatable bonds is 2. The topological polar surface area (TPSA) is 57.5 Å². The van der Waals surface area contributed by atoms with Crippen molar-refractivity contribution in [2.24, 2.45) is 10.8 Å². The summed E-state index contributed by atoms with van der Waals surface area (Å²) in [7, 11) is 0. The zero-order chi connectivity index (χ0) is 12.4. The highest BCUT2D eigenvalue weighted by molar-refractivity contribution is 9.12. The van der Waals surface area contributed by atoms with Gasteiger partial charge >= 0.3 is 5.97 Å². The van der Waals surface area contributed by atoms with Gasteiger partial charge in [-0.1, -0.05) is 45.7 Å². The van der Waals surface area contributed by atoms with Crippen LogP contribution in [0.3, 0.4) is 0 Å². The van der Waals surface area contributed by atoms with Crippen LogP contribution in [0.2, 0.25) is 0 Å². The smallest absolute Gasteiger partial charge is 0.303 e. The summed E-state index contributed by atoms with van der Waals surface area (Å²) >= 11 is 7.25. The molecule has 2 aliphatic carbocycles. The number of aliphatic hydroxyl groups excluding tert-OH is 1. The van der Waals surface area contributed by atoms with E-state index in [4.69, 9.17) is 5.11 Å². The maximum absolute atomic E-state index is 11.1. The predicted molar refractivity (Wildman–Crippen MR) is 68.1 cm³/mol. The summed E-state index contributed by atoms with van der Waals surface area (Å²) in [5.41, 5.74) is -0.747. The Kier molecular flexibility index (Phi) is 2.77. The van der Waals surface area contributed by atoms with Crippen molar-refractivity contribution in [3.63, 3.8) is 0 Å². The standard InChI is InChI=1S/C11H16Br2O3/c1-9(2)8(16)11(13)4-3-10(9,7(11)12)5-6(14)15/h7-8,16H,3-5H2,1-2H3,(H,14,15)/t7-,8+,10+,11+/m0/s1. The molecule has 2 aliphatic rings. The molecule has 0 spiro atoms. The Balaban J connectivity index is 2.48.